The van der Waals surface area contributed by atoms with Crippen LogP contribution in [0.5, 0.6) is 0 Å². The van der Waals surface area contributed by atoms with E-state index in [0.29, 0.717) is 6.61 Å². The highest BCUT2D eigenvalue weighted by atomic mass is 16.5. The first-order chi connectivity index (χ1) is 7.78. The number of hydrogen-bond acceptors (Lipinski definition) is 2. The van der Waals surface area contributed by atoms with Gasteiger partial charge >= 0.3 is 0 Å². The van der Waals surface area contributed by atoms with E-state index in [9.17, 15) is 0 Å². The Balaban J connectivity index is 4.31. The molecular formula is C14H23NO. The number of ether oxygens (including phenoxy) is 1. The summed E-state index contributed by atoms with van der Waals surface area (Å²) in [7, 11) is 1.68. The van der Waals surface area contributed by atoms with Crippen LogP contribution in [0.25, 0.3) is 0 Å². The van der Waals surface area contributed by atoms with Crippen molar-refractivity contribution in [2.24, 2.45) is 0 Å². The summed E-state index contributed by atoms with van der Waals surface area (Å²) in [5.74, 6) is 0. The van der Waals surface area contributed by atoms with E-state index in [-0.39, 0.29) is 0 Å². The lowest BCUT2D eigenvalue weighted by atomic mass is 10.2. The molecule has 1 N–H and O–H groups in total. The Bertz CT molecular complexity index is 264. The lowest BCUT2D eigenvalue weighted by Gasteiger charge is -2.05. The van der Waals surface area contributed by atoms with Crippen LogP contribution >= 0.6 is 0 Å². The maximum absolute atomic E-state index is 5.04. The summed E-state index contributed by atoms with van der Waals surface area (Å²) in [5, 5.41) is 3.32. The number of methoxy groups -OCH3 is 1. The molecule has 0 saturated carbocycles. The van der Waals surface area contributed by atoms with Gasteiger partial charge in [0.1, 0.15) is 0 Å². The number of nitrogens with one attached hydrogen (secondary N) is 1. The van der Waals surface area contributed by atoms with Crippen LogP contribution in [0.1, 0.15) is 19.8 Å². The Morgan fingerprint density at radius 1 is 1.25 bits per heavy atom. The second kappa shape index (κ2) is 10.2. The van der Waals surface area contributed by atoms with Gasteiger partial charge in [0, 0.05) is 19.4 Å². The Morgan fingerprint density at radius 2 is 2.00 bits per heavy atom. The lowest BCUT2D eigenvalue weighted by molar-refractivity contribution is 0.228. The molecule has 0 radical (unpaired) electrons. The summed E-state index contributed by atoms with van der Waals surface area (Å²) >= 11 is 0. The largest absolute Gasteiger partial charge is 0.385 e. The van der Waals surface area contributed by atoms with Gasteiger partial charge in [-0.2, -0.15) is 0 Å². The molecule has 0 atom stereocenters. The molecule has 2 heteroatoms. The zero-order valence-corrected chi connectivity index (χ0v) is 10.5. The zero-order chi connectivity index (χ0) is 12.2. The van der Waals surface area contributed by atoms with E-state index in [1.165, 1.54) is 12.8 Å². The molecule has 0 rings (SSSR count). The smallest absolute Gasteiger partial charge is 0.0712 e. The van der Waals surface area contributed by atoms with Crippen LogP contribution < -0.4 is 5.32 Å². The normalized spacial score (nSPS) is 12.4. The molecule has 0 aromatic rings. The summed E-state index contributed by atoms with van der Waals surface area (Å²) in [5.41, 5.74) is 2.09. The van der Waals surface area contributed by atoms with Crippen molar-refractivity contribution in [3.8, 4) is 0 Å². The number of hydrogen-bond donors (Lipinski definition) is 1. The monoisotopic (exact) mass is 221 g/mol. The minimum absolute atomic E-state index is 0.583. The molecule has 0 aliphatic heterocycles. The molecule has 0 fully saturated rings. The summed E-state index contributed by atoms with van der Waals surface area (Å²) < 4.78 is 5.04. The van der Waals surface area contributed by atoms with Gasteiger partial charge in [-0.15, -0.1) is 0 Å². The maximum Gasteiger partial charge on any atom is 0.0712 e. The Morgan fingerprint density at radius 3 is 2.50 bits per heavy atom. The van der Waals surface area contributed by atoms with Gasteiger partial charge in [0.25, 0.3) is 0 Å². The maximum atomic E-state index is 5.04. The fourth-order valence-electron chi connectivity index (χ4n) is 1.15. The molecule has 90 valence electrons. The third-order valence-electron chi connectivity index (χ3n) is 2.13. The van der Waals surface area contributed by atoms with Crippen molar-refractivity contribution in [2.45, 2.75) is 19.8 Å². The SMILES string of the molecule is C=C/C(=C\C=C(/C=C)NCCCC)COC. The van der Waals surface area contributed by atoms with Gasteiger partial charge in [-0.3, -0.25) is 0 Å². The summed E-state index contributed by atoms with van der Waals surface area (Å²) in [6, 6.07) is 0. The molecule has 0 aromatic heterocycles. The minimum Gasteiger partial charge on any atom is -0.385 e. The van der Waals surface area contributed by atoms with Crippen molar-refractivity contribution in [2.75, 3.05) is 20.3 Å². The first kappa shape index (κ1) is 14.7. The summed E-state index contributed by atoms with van der Waals surface area (Å²) in [6.45, 7) is 11.2. The van der Waals surface area contributed by atoms with Gasteiger partial charge in [-0.25, -0.2) is 0 Å². The molecular weight excluding hydrogens is 198 g/mol. The van der Waals surface area contributed by atoms with Gasteiger partial charge in [-0.05, 0) is 24.1 Å². The molecule has 0 heterocycles. The van der Waals surface area contributed by atoms with Crippen molar-refractivity contribution in [1.82, 2.24) is 5.32 Å². The Hall–Kier alpha value is -1.28. The molecule has 0 spiro atoms. The molecule has 0 unspecified atom stereocenters. The van der Waals surface area contributed by atoms with Gasteiger partial charge in [0.15, 0.2) is 0 Å². The van der Waals surface area contributed by atoms with Gasteiger partial charge in [0.05, 0.1) is 6.61 Å². The average molecular weight is 221 g/mol. The quantitative estimate of drug-likeness (QED) is 0.477. The van der Waals surface area contributed by atoms with Crippen molar-refractivity contribution >= 4 is 0 Å². The fourth-order valence-corrected chi connectivity index (χ4v) is 1.15. The average Bonchev–Trinajstić information content (AvgIpc) is 2.31. The van der Waals surface area contributed by atoms with Crippen LogP contribution in [0.2, 0.25) is 0 Å². The van der Waals surface area contributed by atoms with E-state index >= 15 is 0 Å². The molecule has 0 bridgehead atoms. The van der Waals surface area contributed by atoms with E-state index in [2.05, 4.69) is 25.4 Å². The molecule has 16 heavy (non-hydrogen) atoms. The topological polar surface area (TPSA) is 21.3 Å². The highest BCUT2D eigenvalue weighted by Crippen LogP contribution is 2.00. The second-order valence-corrected chi connectivity index (χ2v) is 3.49. The van der Waals surface area contributed by atoms with Crippen LogP contribution in [0.3, 0.4) is 0 Å². The Kier molecular flexibility index (Phi) is 9.43. The summed E-state index contributed by atoms with van der Waals surface area (Å²) in [6.07, 6.45) is 9.97. The third kappa shape index (κ3) is 7.07. The molecule has 0 amide bonds. The van der Waals surface area contributed by atoms with E-state index in [0.717, 1.165) is 17.8 Å². The van der Waals surface area contributed by atoms with Crippen molar-refractivity contribution in [1.29, 1.82) is 0 Å². The Labute approximate surface area is 99.4 Å². The van der Waals surface area contributed by atoms with Crippen LogP contribution in [0.15, 0.2) is 48.7 Å². The first-order valence-electron chi connectivity index (χ1n) is 5.67. The van der Waals surface area contributed by atoms with Crippen LogP contribution in [0, 0.1) is 0 Å². The van der Waals surface area contributed by atoms with E-state index in [1.54, 1.807) is 13.2 Å². The third-order valence-corrected chi connectivity index (χ3v) is 2.13. The highest BCUT2D eigenvalue weighted by molar-refractivity contribution is 5.28. The van der Waals surface area contributed by atoms with Gasteiger partial charge < -0.3 is 10.1 Å². The predicted molar refractivity (Wildman–Crippen MR) is 71.3 cm³/mol. The standard InChI is InChI=1S/C14H23NO/c1-5-8-11-15-14(7-3)10-9-13(6-2)12-16-4/h6-7,9-10,15H,2-3,5,8,11-12H2,1,4H3/b13-9+,14-10+. The van der Waals surface area contributed by atoms with Crippen LogP contribution in [-0.2, 0) is 4.74 Å². The lowest BCUT2D eigenvalue weighted by Crippen LogP contribution is -2.12. The fraction of sp³-hybridized carbons (Fsp3) is 0.429. The predicted octanol–water partition coefficient (Wildman–Crippen LogP) is 3.20. The van der Waals surface area contributed by atoms with E-state index < -0.39 is 0 Å². The van der Waals surface area contributed by atoms with Gasteiger partial charge in [0.2, 0.25) is 0 Å². The molecule has 0 saturated heterocycles. The highest BCUT2D eigenvalue weighted by Gasteiger charge is 1.91. The van der Waals surface area contributed by atoms with Crippen molar-refractivity contribution in [3.63, 3.8) is 0 Å². The van der Waals surface area contributed by atoms with Crippen molar-refractivity contribution in [3.05, 3.63) is 48.7 Å². The number of unbranched alkanes of at least 4 members (excludes halogenated alkanes) is 1. The van der Waals surface area contributed by atoms with Crippen LogP contribution in [0.4, 0.5) is 0 Å². The number of rotatable bonds is 9. The molecule has 0 aliphatic carbocycles. The minimum atomic E-state index is 0.583. The van der Waals surface area contributed by atoms with E-state index in [4.69, 9.17) is 4.74 Å². The van der Waals surface area contributed by atoms with Gasteiger partial charge in [-0.1, -0.05) is 38.7 Å². The number of allylic oxidation sites excluding steroid dienone is 3. The van der Waals surface area contributed by atoms with E-state index in [1.807, 2.05) is 18.2 Å². The molecule has 2 nitrogen and oxygen atoms in total. The zero-order valence-electron chi connectivity index (χ0n) is 10.5. The second-order valence-electron chi connectivity index (χ2n) is 3.49. The molecule has 0 aliphatic rings. The van der Waals surface area contributed by atoms with Crippen molar-refractivity contribution < 1.29 is 4.74 Å². The summed E-state index contributed by atoms with van der Waals surface area (Å²) in [4.78, 5) is 0. The van der Waals surface area contributed by atoms with Crippen LogP contribution in [-0.4, -0.2) is 20.3 Å². The first-order valence-corrected chi connectivity index (χ1v) is 5.67. The molecule has 0 aromatic carbocycles.